The minimum atomic E-state index is -0.882. The smallest absolute Gasteiger partial charge is 0.404 e. The molecule has 12 heteroatoms. The molecule has 4 rings (SSSR count). The van der Waals surface area contributed by atoms with Crippen LogP contribution in [0.15, 0.2) is 11.6 Å². The molecular formula is C35H58BN5O6. The SMILES string of the molecule is CC(C)C=C(C#N)C(=O)NCCCCC(NC(=O)C(C)NC(=O)C(C)C)C(=O)N[C@@H](CC(C)C)B1O[C@@H]2C[C@@H]3C[C@@H](C3(C)C)[C@]2(C)O1. The van der Waals surface area contributed by atoms with Gasteiger partial charge in [-0.25, -0.2) is 0 Å². The van der Waals surface area contributed by atoms with Crippen LogP contribution >= 0.6 is 0 Å². The van der Waals surface area contributed by atoms with Gasteiger partial charge in [0.25, 0.3) is 5.91 Å². The van der Waals surface area contributed by atoms with Crippen LogP contribution in [-0.2, 0) is 28.5 Å². The Balaban J connectivity index is 1.69. The molecule has 1 saturated heterocycles. The summed E-state index contributed by atoms with van der Waals surface area (Å²) in [5, 5.41) is 20.8. The van der Waals surface area contributed by atoms with E-state index in [0.717, 1.165) is 12.8 Å². The van der Waals surface area contributed by atoms with Gasteiger partial charge in [-0.05, 0) is 81.5 Å². The normalized spacial score (nSPS) is 26.5. The molecule has 0 radical (unpaired) electrons. The van der Waals surface area contributed by atoms with E-state index in [1.54, 1.807) is 26.8 Å². The number of carbonyl (C=O) groups is 4. The first-order chi connectivity index (χ1) is 21.9. The zero-order valence-electron chi connectivity index (χ0n) is 30.2. The Morgan fingerprint density at radius 1 is 0.936 bits per heavy atom. The van der Waals surface area contributed by atoms with E-state index in [1.807, 2.05) is 19.9 Å². The van der Waals surface area contributed by atoms with E-state index < -0.39 is 42.6 Å². The van der Waals surface area contributed by atoms with Crippen LogP contribution in [0.3, 0.4) is 0 Å². The Morgan fingerprint density at radius 2 is 1.62 bits per heavy atom. The second-order valence-electron chi connectivity index (χ2n) is 15.7. The largest absolute Gasteiger partial charge is 0.481 e. The van der Waals surface area contributed by atoms with Gasteiger partial charge in [0, 0.05) is 12.5 Å². The second-order valence-corrected chi connectivity index (χ2v) is 15.7. The van der Waals surface area contributed by atoms with Crippen molar-refractivity contribution in [2.24, 2.45) is 35.0 Å². The molecule has 11 nitrogen and oxygen atoms in total. The molecule has 4 amide bonds. The van der Waals surface area contributed by atoms with Crippen LogP contribution in [0.5, 0.6) is 0 Å². The van der Waals surface area contributed by atoms with E-state index >= 15 is 0 Å². The highest BCUT2D eigenvalue weighted by molar-refractivity contribution is 6.48. The highest BCUT2D eigenvalue weighted by Gasteiger charge is 2.68. The van der Waals surface area contributed by atoms with Crippen molar-refractivity contribution in [2.75, 3.05) is 6.54 Å². The molecule has 4 aliphatic rings. The van der Waals surface area contributed by atoms with Crippen LogP contribution in [-0.4, -0.2) is 67.0 Å². The molecule has 0 spiro atoms. The lowest BCUT2D eigenvalue weighted by atomic mass is 9.43. The van der Waals surface area contributed by atoms with Crippen molar-refractivity contribution in [1.82, 2.24) is 21.3 Å². The Labute approximate surface area is 282 Å². The molecular weight excluding hydrogens is 597 g/mol. The summed E-state index contributed by atoms with van der Waals surface area (Å²) in [5.41, 5.74) is -0.151. The summed E-state index contributed by atoms with van der Waals surface area (Å²) in [6.07, 6.45) is 5.66. The molecule has 1 aliphatic heterocycles. The number of amides is 4. The quantitative estimate of drug-likeness (QED) is 0.0852. The van der Waals surface area contributed by atoms with Crippen LogP contribution < -0.4 is 21.3 Å². The average molecular weight is 656 g/mol. The van der Waals surface area contributed by atoms with Crippen molar-refractivity contribution < 1.29 is 28.5 Å². The molecule has 7 atom stereocenters. The number of hydrogen-bond acceptors (Lipinski definition) is 7. The summed E-state index contributed by atoms with van der Waals surface area (Å²) >= 11 is 0. The third-order valence-electron chi connectivity index (χ3n) is 10.3. The zero-order valence-corrected chi connectivity index (χ0v) is 30.2. The fourth-order valence-electron chi connectivity index (χ4n) is 7.38. The first-order valence-electron chi connectivity index (χ1n) is 17.5. The Kier molecular flexibility index (Phi) is 13.1. The molecule has 262 valence electrons. The van der Waals surface area contributed by atoms with Crippen LogP contribution in [0.25, 0.3) is 0 Å². The number of nitriles is 1. The van der Waals surface area contributed by atoms with Crippen molar-refractivity contribution >= 4 is 30.7 Å². The zero-order chi connectivity index (χ0) is 35.3. The predicted molar refractivity (Wildman–Crippen MR) is 181 cm³/mol. The van der Waals surface area contributed by atoms with E-state index in [2.05, 4.69) is 55.9 Å². The van der Waals surface area contributed by atoms with E-state index in [9.17, 15) is 24.4 Å². The number of unbranched alkanes of at least 4 members (excludes halogenated alkanes) is 1. The molecule has 2 bridgehead atoms. The molecule has 4 fully saturated rings. The highest BCUT2D eigenvalue weighted by atomic mass is 16.7. The van der Waals surface area contributed by atoms with Gasteiger partial charge in [-0.1, -0.05) is 61.5 Å². The molecule has 3 saturated carbocycles. The van der Waals surface area contributed by atoms with Crippen LogP contribution in [0.4, 0.5) is 0 Å². The van der Waals surface area contributed by atoms with Crippen LogP contribution in [0.1, 0.15) is 108 Å². The molecule has 2 unspecified atom stereocenters. The fourth-order valence-corrected chi connectivity index (χ4v) is 7.38. The van der Waals surface area contributed by atoms with Crippen molar-refractivity contribution in [3.8, 4) is 6.07 Å². The molecule has 3 aliphatic carbocycles. The lowest BCUT2D eigenvalue weighted by molar-refractivity contribution is -0.199. The maximum Gasteiger partial charge on any atom is 0.481 e. The molecule has 0 aromatic carbocycles. The van der Waals surface area contributed by atoms with Gasteiger partial charge in [-0.2, -0.15) is 5.26 Å². The number of hydrogen-bond donors (Lipinski definition) is 4. The lowest BCUT2D eigenvalue weighted by Crippen LogP contribution is -2.65. The summed E-state index contributed by atoms with van der Waals surface area (Å²) in [7, 11) is -0.601. The number of nitrogens with one attached hydrogen (secondary N) is 4. The summed E-state index contributed by atoms with van der Waals surface area (Å²) in [6, 6.07) is 0.227. The summed E-state index contributed by atoms with van der Waals surface area (Å²) < 4.78 is 13.3. The van der Waals surface area contributed by atoms with Gasteiger partial charge in [0.2, 0.25) is 17.7 Å². The van der Waals surface area contributed by atoms with E-state index in [0.29, 0.717) is 44.1 Å². The molecule has 4 N–H and O–H groups in total. The minimum absolute atomic E-state index is 0.0242. The maximum atomic E-state index is 13.9. The number of carbonyl (C=O) groups excluding carboxylic acids is 4. The third kappa shape index (κ3) is 9.38. The van der Waals surface area contributed by atoms with Gasteiger partial charge in [0.05, 0.1) is 17.6 Å². The van der Waals surface area contributed by atoms with Gasteiger partial charge in [0.15, 0.2) is 0 Å². The molecule has 1 heterocycles. The molecule has 0 aromatic heterocycles. The first-order valence-corrected chi connectivity index (χ1v) is 17.5. The van der Waals surface area contributed by atoms with E-state index in [4.69, 9.17) is 9.31 Å². The highest BCUT2D eigenvalue weighted by Crippen LogP contribution is 2.65. The van der Waals surface area contributed by atoms with Crippen molar-refractivity contribution in [3.63, 3.8) is 0 Å². The van der Waals surface area contributed by atoms with E-state index in [1.165, 1.54) is 0 Å². The Morgan fingerprint density at radius 3 is 2.19 bits per heavy atom. The minimum Gasteiger partial charge on any atom is -0.404 e. The van der Waals surface area contributed by atoms with Crippen molar-refractivity contribution in [3.05, 3.63) is 11.6 Å². The van der Waals surface area contributed by atoms with Crippen LogP contribution in [0.2, 0.25) is 0 Å². The standard InChI is InChI=1S/C35H58BN5O6/c1-20(2)15-24(19-37)32(44)38-14-12-11-13-26(40-31(43)23(7)39-30(42)22(5)6)33(45)41-29(16-21(3)4)36-46-28-18-25-17-27(34(25,8)9)35(28,10)47-36/h15,20-23,25-29H,11-14,16-18H2,1-10H3,(H,38,44)(H,39,42)(H,40,43)(H,41,45)/t23?,25-,26?,27-,28+,29-,35-/m0/s1. The average Bonchev–Trinajstić information content (AvgIpc) is 3.35. The number of nitrogens with zero attached hydrogens (tertiary/aromatic N) is 1. The summed E-state index contributed by atoms with van der Waals surface area (Å²) in [5.74, 6) is -0.892. The van der Waals surface area contributed by atoms with Gasteiger partial charge >= 0.3 is 7.12 Å². The third-order valence-corrected chi connectivity index (χ3v) is 10.3. The van der Waals surface area contributed by atoms with Gasteiger partial charge in [-0.3, -0.25) is 19.2 Å². The topological polar surface area (TPSA) is 159 Å². The molecule has 47 heavy (non-hydrogen) atoms. The lowest BCUT2D eigenvalue weighted by Gasteiger charge is -2.64. The summed E-state index contributed by atoms with van der Waals surface area (Å²) in [4.78, 5) is 51.7. The van der Waals surface area contributed by atoms with Gasteiger partial charge in [-0.15, -0.1) is 0 Å². The van der Waals surface area contributed by atoms with Crippen LogP contribution in [0, 0.1) is 46.3 Å². The van der Waals surface area contributed by atoms with Gasteiger partial charge < -0.3 is 30.6 Å². The van der Waals surface area contributed by atoms with Crippen molar-refractivity contribution in [1.29, 1.82) is 5.26 Å². The Hall–Kier alpha value is -2.91. The number of allylic oxidation sites excluding steroid dienone is 1. The fraction of sp³-hybridized carbons (Fsp3) is 0.800. The first kappa shape index (κ1) is 38.5. The second kappa shape index (κ2) is 16.0. The van der Waals surface area contributed by atoms with E-state index in [-0.39, 0.29) is 46.7 Å². The molecule has 0 aromatic rings. The Bertz CT molecular complexity index is 1230. The maximum absolute atomic E-state index is 13.9. The van der Waals surface area contributed by atoms with Crippen molar-refractivity contribution in [2.45, 2.75) is 137 Å². The predicted octanol–water partition coefficient (Wildman–Crippen LogP) is 3.82. The van der Waals surface area contributed by atoms with Gasteiger partial charge in [0.1, 0.15) is 23.7 Å². The summed E-state index contributed by atoms with van der Waals surface area (Å²) in [6.45, 7) is 20.1. The number of rotatable bonds is 16. The monoisotopic (exact) mass is 655 g/mol.